The molecule has 1 atom stereocenters. The lowest BCUT2D eigenvalue weighted by molar-refractivity contribution is -0.386. The Labute approximate surface area is 164 Å². The summed E-state index contributed by atoms with van der Waals surface area (Å²) in [4.78, 5) is 37.9. The van der Waals surface area contributed by atoms with Crippen molar-refractivity contribution in [2.45, 2.75) is 32.3 Å². The number of hydrogen-bond acceptors (Lipinski definition) is 6. The Balaban J connectivity index is 2.15. The molecule has 1 aliphatic heterocycles. The molecule has 1 saturated heterocycles. The van der Waals surface area contributed by atoms with Crippen molar-refractivity contribution < 1.29 is 24.4 Å². The van der Waals surface area contributed by atoms with Crippen LogP contribution < -0.4 is 0 Å². The SMILES string of the molecule is CN(CC(=O)O)CC1CN(C(=O)c2ccc(C(C)(C)C)c([N+](=O)[O-])c2)CCO1. The van der Waals surface area contributed by atoms with Gasteiger partial charge in [0.1, 0.15) is 0 Å². The maximum Gasteiger partial charge on any atom is 0.317 e. The van der Waals surface area contributed by atoms with E-state index in [4.69, 9.17) is 9.84 Å². The van der Waals surface area contributed by atoms with Crippen molar-refractivity contribution >= 4 is 17.6 Å². The molecule has 9 nitrogen and oxygen atoms in total. The number of rotatable bonds is 6. The van der Waals surface area contributed by atoms with Crippen LogP contribution in [-0.4, -0.2) is 77.6 Å². The number of nitro benzene ring substituents is 1. The summed E-state index contributed by atoms with van der Waals surface area (Å²) in [6.45, 7) is 6.93. The van der Waals surface area contributed by atoms with Gasteiger partial charge >= 0.3 is 5.97 Å². The van der Waals surface area contributed by atoms with E-state index in [9.17, 15) is 19.7 Å². The molecule has 28 heavy (non-hydrogen) atoms. The third kappa shape index (κ3) is 5.49. The maximum atomic E-state index is 12.9. The number of likely N-dealkylation sites (N-methyl/N-ethyl adjacent to an activating group) is 1. The average Bonchev–Trinajstić information content (AvgIpc) is 2.59. The van der Waals surface area contributed by atoms with Crippen LogP contribution in [0.15, 0.2) is 18.2 Å². The summed E-state index contributed by atoms with van der Waals surface area (Å²) >= 11 is 0. The van der Waals surface area contributed by atoms with Crippen LogP contribution in [0.1, 0.15) is 36.7 Å². The second kappa shape index (κ2) is 8.66. The molecule has 0 aliphatic carbocycles. The van der Waals surface area contributed by atoms with Crippen LogP contribution in [0.4, 0.5) is 5.69 Å². The van der Waals surface area contributed by atoms with Gasteiger partial charge in [-0.25, -0.2) is 0 Å². The molecule has 1 heterocycles. The molecule has 1 unspecified atom stereocenters. The third-order valence-corrected chi connectivity index (χ3v) is 4.60. The van der Waals surface area contributed by atoms with Crippen molar-refractivity contribution in [2.75, 3.05) is 39.8 Å². The number of carboxylic acid groups (broad SMARTS) is 1. The fourth-order valence-electron chi connectivity index (χ4n) is 3.29. The lowest BCUT2D eigenvalue weighted by Gasteiger charge is -2.34. The molecule has 9 heteroatoms. The predicted molar refractivity (Wildman–Crippen MR) is 103 cm³/mol. The summed E-state index contributed by atoms with van der Waals surface area (Å²) in [6, 6.07) is 4.60. The number of carboxylic acids is 1. The minimum absolute atomic E-state index is 0.0654. The molecule has 1 aliphatic rings. The molecule has 1 N–H and O–H groups in total. The van der Waals surface area contributed by atoms with Crippen molar-refractivity contribution in [1.82, 2.24) is 9.80 Å². The van der Waals surface area contributed by atoms with E-state index in [1.54, 1.807) is 29.0 Å². The van der Waals surface area contributed by atoms with Crippen molar-refractivity contribution in [3.63, 3.8) is 0 Å². The lowest BCUT2D eigenvalue weighted by atomic mass is 9.85. The first-order chi connectivity index (χ1) is 13.0. The fourth-order valence-corrected chi connectivity index (χ4v) is 3.29. The molecule has 1 aromatic carbocycles. The van der Waals surface area contributed by atoms with E-state index in [2.05, 4.69) is 0 Å². The van der Waals surface area contributed by atoms with Crippen LogP contribution in [0.3, 0.4) is 0 Å². The van der Waals surface area contributed by atoms with Crippen LogP contribution in [0.5, 0.6) is 0 Å². The van der Waals surface area contributed by atoms with Crippen molar-refractivity contribution in [1.29, 1.82) is 0 Å². The zero-order valence-electron chi connectivity index (χ0n) is 16.7. The highest BCUT2D eigenvalue weighted by molar-refractivity contribution is 5.95. The van der Waals surface area contributed by atoms with Crippen molar-refractivity contribution in [3.8, 4) is 0 Å². The second-order valence-electron chi connectivity index (χ2n) is 8.07. The highest BCUT2D eigenvalue weighted by Gasteiger charge is 2.30. The predicted octanol–water partition coefficient (Wildman–Crippen LogP) is 1.75. The van der Waals surface area contributed by atoms with Gasteiger partial charge in [-0.3, -0.25) is 24.6 Å². The number of aliphatic carboxylic acids is 1. The zero-order chi connectivity index (χ0) is 21.1. The Morgan fingerprint density at radius 1 is 1.39 bits per heavy atom. The Morgan fingerprint density at radius 2 is 2.07 bits per heavy atom. The summed E-state index contributed by atoms with van der Waals surface area (Å²) in [5.41, 5.74) is 0.357. The van der Waals surface area contributed by atoms with Gasteiger partial charge in [-0.2, -0.15) is 0 Å². The molecule has 0 aromatic heterocycles. The summed E-state index contributed by atoms with van der Waals surface area (Å²) in [7, 11) is 1.67. The lowest BCUT2D eigenvalue weighted by Crippen LogP contribution is -2.49. The van der Waals surface area contributed by atoms with Crippen LogP contribution in [0.25, 0.3) is 0 Å². The molecule has 1 aromatic rings. The van der Waals surface area contributed by atoms with Gasteiger partial charge in [0.15, 0.2) is 0 Å². The van der Waals surface area contributed by atoms with E-state index < -0.39 is 16.3 Å². The van der Waals surface area contributed by atoms with Gasteiger partial charge < -0.3 is 14.7 Å². The number of morpholine rings is 1. The van der Waals surface area contributed by atoms with Crippen LogP contribution in [0, 0.1) is 10.1 Å². The molecule has 0 saturated carbocycles. The summed E-state index contributed by atoms with van der Waals surface area (Å²) in [5, 5.41) is 20.3. The standard InChI is InChI=1S/C19H27N3O6/c1-19(2,3)15-6-5-13(9-16(15)22(26)27)18(25)21-7-8-28-14(11-21)10-20(4)12-17(23)24/h5-6,9,14H,7-8,10-12H2,1-4H3,(H,23,24). The minimum atomic E-state index is -0.933. The van der Waals surface area contributed by atoms with Gasteiger partial charge in [0.25, 0.3) is 11.6 Å². The Bertz CT molecular complexity index is 759. The van der Waals surface area contributed by atoms with Gasteiger partial charge in [-0.05, 0) is 18.5 Å². The van der Waals surface area contributed by atoms with Crippen LogP contribution in [-0.2, 0) is 14.9 Å². The number of hydrogen-bond donors (Lipinski definition) is 1. The van der Waals surface area contributed by atoms with Crippen LogP contribution >= 0.6 is 0 Å². The molecular weight excluding hydrogens is 366 g/mol. The number of benzene rings is 1. The van der Waals surface area contributed by atoms with Gasteiger partial charge in [-0.15, -0.1) is 0 Å². The van der Waals surface area contributed by atoms with Gasteiger partial charge in [0.2, 0.25) is 0 Å². The topological polar surface area (TPSA) is 113 Å². The average molecular weight is 393 g/mol. The maximum absolute atomic E-state index is 12.9. The number of nitrogens with zero attached hydrogens (tertiary/aromatic N) is 3. The van der Waals surface area contributed by atoms with E-state index in [1.165, 1.54) is 6.07 Å². The first-order valence-electron chi connectivity index (χ1n) is 9.09. The summed E-state index contributed by atoms with van der Waals surface area (Å²) < 4.78 is 5.64. The van der Waals surface area contributed by atoms with Crippen LogP contribution in [0.2, 0.25) is 0 Å². The number of carbonyl (C=O) groups is 2. The number of carbonyl (C=O) groups excluding carboxylic acids is 1. The highest BCUT2D eigenvalue weighted by atomic mass is 16.6. The van der Waals surface area contributed by atoms with E-state index >= 15 is 0 Å². The van der Waals surface area contributed by atoms with E-state index in [0.29, 0.717) is 31.8 Å². The summed E-state index contributed by atoms with van der Waals surface area (Å²) in [5.74, 6) is -1.23. The van der Waals surface area contributed by atoms with Crippen molar-refractivity contribution in [3.05, 3.63) is 39.4 Å². The molecule has 1 amide bonds. The Kier molecular flexibility index (Phi) is 6.73. The Hall–Kier alpha value is -2.52. The molecule has 0 spiro atoms. The zero-order valence-corrected chi connectivity index (χ0v) is 16.7. The number of ether oxygens (including phenoxy) is 1. The van der Waals surface area contributed by atoms with Gasteiger partial charge in [0.05, 0.1) is 24.2 Å². The minimum Gasteiger partial charge on any atom is -0.480 e. The number of amides is 1. The third-order valence-electron chi connectivity index (χ3n) is 4.60. The smallest absolute Gasteiger partial charge is 0.317 e. The van der Waals surface area contributed by atoms with Gasteiger partial charge in [0, 0.05) is 36.8 Å². The molecule has 154 valence electrons. The molecule has 1 fully saturated rings. The normalized spacial score (nSPS) is 17.6. The molecule has 0 bridgehead atoms. The summed E-state index contributed by atoms with van der Waals surface area (Å²) in [6.07, 6.45) is -0.314. The monoisotopic (exact) mass is 393 g/mol. The molecule has 2 rings (SSSR count). The fraction of sp³-hybridized carbons (Fsp3) is 0.579. The first kappa shape index (κ1) is 21.8. The molecular formula is C19H27N3O6. The van der Waals surface area contributed by atoms with Crippen molar-refractivity contribution in [2.24, 2.45) is 0 Å². The largest absolute Gasteiger partial charge is 0.480 e. The van der Waals surface area contributed by atoms with E-state index in [-0.39, 0.29) is 29.8 Å². The Morgan fingerprint density at radius 3 is 2.64 bits per heavy atom. The molecule has 0 radical (unpaired) electrons. The van der Waals surface area contributed by atoms with E-state index in [1.807, 2.05) is 20.8 Å². The highest BCUT2D eigenvalue weighted by Crippen LogP contribution is 2.32. The van der Waals surface area contributed by atoms with E-state index in [0.717, 1.165) is 0 Å². The first-order valence-corrected chi connectivity index (χ1v) is 9.09. The number of nitro groups is 1. The quantitative estimate of drug-likeness (QED) is 0.578. The second-order valence-corrected chi connectivity index (χ2v) is 8.07. The van der Waals surface area contributed by atoms with Gasteiger partial charge in [-0.1, -0.05) is 26.8 Å².